The molecule has 0 atom stereocenters. The van der Waals surface area contributed by atoms with Gasteiger partial charge in [0.05, 0.1) is 25.6 Å². The zero-order chi connectivity index (χ0) is 16.5. The molecule has 0 amide bonds. The van der Waals surface area contributed by atoms with Gasteiger partial charge in [-0.3, -0.25) is 9.97 Å². The van der Waals surface area contributed by atoms with Gasteiger partial charge in [-0.1, -0.05) is 0 Å². The summed E-state index contributed by atoms with van der Waals surface area (Å²) >= 11 is 0. The van der Waals surface area contributed by atoms with Crippen LogP contribution in [0.5, 0.6) is 11.5 Å². The number of hydrogen-bond donors (Lipinski definition) is 0. The number of fused-ring (bicyclic) bond motifs is 2. The van der Waals surface area contributed by atoms with Crippen molar-refractivity contribution in [2.24, 2.45) is 0 Å². The highest BCUT2D eigenvalue weighted by molar-refractivity contribution is 6.02. The first-order valence-corrected chi connectivity index (χ1v) is 7.66. The van der Waals surface area contributed by atoms with E-state index in [0.717, 1.165) is 44.4 Å². The van der Waals surface area contributed by atoms with E-state index in [1.165, 1.54) is 0 Å². The molecule has 4 heteroatoms. The molecule has 0 N–H and O–H groups in total. The van der Waals surface area contributed by atoms with Gasteiger partial charge in [0.25, 0.3) is 0 Å². The number of hydrogen-bond acceptors (Lipinski definition) is 4. The van der Waals surface area contributed by atoms with Crippen LogP contribution in [-0.4, -0.2) is 24.2 Å². The van der Waals surface area contributed by atoms with Crippen molar-refractivity contribution in [1.82, 2.24) is 9.97 Å². The molecule has 4 nitrogen and oxygen atoms in total. The lowest BCUT2D eigenvalue weighted by Gasteiger charge is -2.10. The van der Waals surface area contributed by atoms with Crippen molar-refractivity contribution in [1.29, 1.82) is 0 Å². The van der Waals surface area contributed by atoms with E-state index < -0.39 is 0 Å². The molecule has 0 radical (unpaired) electrons. The third kappa shape index (κ3) is 2.33. The Morgan fingerprint density at radius 1 is 0.625 bits per heavy atom. The number of rotatable bonds is 3. The van der Waals surface area contributed by atoms with E-state index >= 15 is 0 Å². The summed E-state index contributed by atoms with van der Waals surface area (Å²) in [4.78, 5) is 9.18. The maximum absolute atomic E-state index is 5.31. The third-order valence-electron chi connectivity index (χ3n) is 4.17. The second kappa shape index (κ2) is 5.81. The molecule has 0 aliphatic carbocycles. The molecule has 0 saturated carbocycles. The fraction of sp³-hybridized carbons (Fsp3) is 0.100. The number of pyridine rings is 2. The number of methoxy groups -OCH3 is 2. The van der Waals surface area contributed by atoms with Gasteiger partial charge in [-0.05, 0) is 59.3 Å². The van der Waals surface area contributed by atoms with E-state index in [2.05, 4.69) is 9.97 Å². The Labute approximate surface area is 139 Å². The van der Waals surface area contributed by atoms with E-state index in [-0.39, 0.29) is 0 Å². The van der Waals surface area contributed by atoms with E-state index in [1.807, 2.05) is 48.5 Å². The minimum atomic E-state index is 0.829. The smallest absolute Gasteiger partial charge is 0.119 e. The maximum Gasteiger partial charge on any atom is 0.119 e. The minimum Gasteiger partial charge on any atom is -0.497 e. The molecular formula is C20H16N2O2. The molecule has 0 aliphatic rings. The normalized spacial score (nSPS) is 10.9. The minimum absolute atomic E-state index is 0.829. The van der Waals surface area contributed by atoms with Gasteiger partial charge in [-0.2, -0.15) is 0 Å². The van der Waals surface area contributed by atoms with E-state index in [9.17, 15) is 0 Å². The van der Waals surface area contributed by atoms with Gasteiger partial charge in [-0.15, -0.1) is 0 Å². The quantitative estimate of drug-likeness (QED) is 0.559. The molecule has 0 bridgehead atoms. The fourth-order valence-corrected chi connectivity index (χ4v) is 2.94. The van der Waals surface area contributed by atoms with Crippen LogP contribution in [0.4, 0.5) is 0 Å². The van der Waals surface area contributed by atoms with Gasteiger partial charge >= 0.3 is 0 Å². The van der Waals surface area contributed by atoms with Gasteiger partial charge in [0.1, 0.15) is 11.5 Å². The van der Waals surface area contributed by atoms with Gasteiger partial charge in [-0.25, -0.2) is 0 Å². The number of aromatic nitrogens is 2. The Morgan fingerprint density at radius 3 is 1.50 bits per heavy atom. The molecule has 0 aliphatic heterocycles. The van der Waals surface area contributed by atoms with Crippen LogP contribution in [0.25, 0.3) is 32.9 Å². The second-order valence-electron chi connectivity index (χ2n) is 5.49. The lowest BCUT2D eigenvalue weighted by atomic mass is 10.0. The summed E-state index contributed by atoms with van der Waals surface area (Å²) in [5.41, 5.74) is 1.73. The standard InChI is InChI=1S/C20H16N2O2/c1-23-15-3-5-17-13(11-15)7-9-21-19(17)20-18-6-4-16(24-2)12-14(18)8-10-22-20/h3-12H,1-2H3. The molecule has 0 saturated heterocycles. The molecule has 24 heavy (non-hydrogen) atoms. The van der Waals surface area contributed by atoms with Crippen molar-refractivity contribution < 1.29 is 9.47 Å². The SMILES string of the molecule is COc1ccc2c(-c3nccc4cc(OC)ccc34)nccc2c1. The van der Waals surface area contributed by atoms with Crippen LogP contribution in [0.3, 0.4) is 0 Å². The van der Waals surface area contributed by atoms with Gasteiger partial charge < -0.3 is 9.47 Å². The molecule has 118 valence electrons. The Hall–Kier alpha value is -3.14. The molecule has 2 heterocycles. The first-order chi connectivity index (χ1) is 11.8. The Bertz CT molecular complexity index is 959. The largest absolute Gasteiger partial charge is 0.497 e. The summed E-state index contributed by atoms with van der Waals surface area (Å²) in [5, 5.41) is 4.25. The monoisotopic (exact) mass is 316 g/mol. The van der Waals surface area contributed by atoms with E-state index in [4.69, 9.17) is 9.47 Å². The highest BCUT2D eigenvalue weighted by Gasteiger charge is 2.11. The van der Waals surface area contributed by atoms with Crippen LogP contribution in [-0.2, 0) is 0 Å². The van der Waals surface area contributed by atoms with Crippen LogP contribution in [0.15, 0.2) is 60.9 Å². The average Bonchev–Trinajstić information content (AvgIpc) is 2.66. The van der Waals surface area contributed by atoms with Crippen LogP contribution in [0, 0.1) is 0 Å². The summed E-state index contributed by atoms with van der Waals surface area (Å²) in [5.74, 6) is 1.66. The summed E-state index contributed by atoms with van der Waals surface area (Å²) in [6, 6.07) is 15.9. The Balaban J connectivity index is 1.99. The lowest BCUT2D eigenvalue weighted by Crippen LogP contribution is -1.92. The number of ether oxygens (including phenoxy) is 2. The van der Waals surface area contributed by atoms with Crippen LogP contribution >= 0.6 is 0 Å². The summed E-state index contributed by atoms with van der Waals surface area (Å²) in [6.07, 6.45) is 3.61. The Kier molecular flexibility index (Phi) is 3.50. The summed E-state index contributed by atoms with van der Waals surface area (Å²) in [6.45, 7) is 0. The first-order valence-electron chi connectivity index (χ1n) is 7.66. The van der Waals surface area contributed by atoms with Gasteiger partial charge in [0.2, 0.25) is 0 Å². The molecule has 0 spiro atoms. The Morgan fingerprint density at radius 2 is 1.08 bits per heavy atom. The van der Waals surface area contributed by atoms with Crippen molar-refractivity contribution in [2.75, 3.05) is 14.2 Å². The van der Waals surface area contributed by atoms with E-state index in [0.29, 0.717) is 0 Å². The van der Waals surface area contributed by atoms with Crippen molar-refractivity contribution in [2.45, 2.75) is 0 Å². The molecule has 0 unspecified atom stereocenters. The molecule has 2 aromatic heterocycles. The molecule has 4 aromatic rings. The maximum atomic E-state index is 5.31. The third-order valence-corrected chi connectivity index (χ3v) is 4.17. The average molecular weight is 316 g/mol. The number of nitrogens with zero attached hydrogens (tertiary/aromatic N) is 2. The molecule has 4 rings (SSSR count). The summed E-state index contributed by atoms with van der Waals surface area (Å²) < 4.78 is 10.6. The predicted octanol–water partition coefficient (Wildman–Crippen LogP) is 4.47. The van der Waals surface area contributed by atoms with Crippen LogP contribution in [0.2, 0.25) is 0 Å². The van der Waals surface area contributed by atoms with Gasteiger partial charge in [0.15, 0.2) is 0 Å². The summed E-state index contributed by atoms with van der Waals surface area (Å²) in [7, 11) is 3.34. The lowest BCUT2D eigenvalue weighted by molar-refractivity contribution is 0.415. The van der Waals surface area contributed by atoms with E-state index in [1.54, 1.807) is 26.6 Å². The zero-order valence-corrected chi connectivity index (χ0v) is 13.5. The number of benzene rings is 2. The van der Waals surface area contributed by atoms with Crippen LogP contribution in [0.1, 0.15) is 0 Å². The highest BCUT2D eigenvalue weighted by Crippen LogP contribution is 2.33. The fourth-order valence-electron chi connectivity index (χ4n) is 2.94. The molecular weight excluding hydrogens is 300 g/mol. The second-order valence-corrected chi connectivity index (χ2v) is 5.49. The van der Waals surface area contributed by atoms with Crippen molar-refractivity contribution >= 4 is 21.5 Å². The van der Waals surface area contributed by atoms with Crippen LogP contribution < -0.4 is 9.47 Å². The molecule has 2 aromatic carbocycles. The van der Waals surface area contributed by atoms with Crippen molar-refractivity contribution in [3.05, 3.63) is 60.9 Å². The predicted molar refractivity (Wildman–Crippen MR) is 95.6 cm³/mol. The zero-order valence-electron chi connectivity index (χ0n) is 13.5. The highest BCUT2D eigenvalue weighted by atomic mass is 16.5. The topological polar surface area (TPSA) is 44.2 Å². The van der Waals surface area contributed by atoms with Crippen molar-refractivity contribution in [3.63, 3.8) is 0 Å². The van der Waals surface area contributed by atoms with Crippen molar-refractivity contribution in [3.8, 4) is 22.9 Å². The molecule has 0 fully saturated rings. The van der Waals surface area contributed by atoms with Gasteiger partial charge in [0, 0.05) is 23.2 Å². The first kappa shape index (κ1) is 14.5.